The van der Waals surface area contributed by atoms with Crippen LogP contribution in [0.5, 0.6) is 5.75 Å². The molecule has 0 spiro atoms. The van der Waals surface area contributed by atoms with Gasteiger partial charge in [-0.2, -0.15) is 8.42 Å². The van der Waals surface area contributed by atoms with Gasteiger partial charge in [0.15, 0.2) is 0 Å². The number of carboxylic acids is 1. The number of hydrogen-bond acceptors (Lipinski definition) is 4. The van der Waals surface area contributed by atoms with E-state index in [4.69, 9.17) is 9.84 Å². The first kappa shape index (κ1) is 14.3. The predicted molar refractivity (Wildman–Crippen MR) is 71.7 cm³/mol. The normalized spacial score (nSPS) is 11.5. The van der Waals surface area contributed by atoms with Crippen molar-refractivity contribution in [2.75, 3.05) is 7.11 Å². The minimum atomic E-state index is -4.53. The van der Waals surface area contributed by atoms with Crippen molar-refractivity contribution in [3.8, 4) is 5.75 Å². The second-order valence-corrected chi connectivity index (χ2v) is 5.54. The van der Waals surface area contributed by atoms with Crippen molar-refractivity contribution >= 4 is 26.9 Å². The number of carboxylic acid groups (broad SMARTS) is 1. The Labute approximate surface area is 115 Å². The number of ether oxygens (including phenoxy) is 1. The zero-order valence-corrected chi connectivity index (χ0v) is 11.3. The SMILES string of the molecule is COc1ccc2c(S(=O)(=O)O)c(CC(=O)O)ccc2c1. The van der Waals surface area contributed by atoms with E-state index in [-0.39, 0.29) is 15.8 Å². The van der Waals surface area contributed by atoms with Crippen molar-refractivity contribution in [2.45, 2.75) is 11.3 Å². The van der Waals surface area contributed by atoms with Gasteiger partial charge in [-0.3, -0.25) is 9.35 Å². The fourth-order valence-corrected chi connectivity index (χ4v) is 2.99. The highest BCUT2D eigenvalue weighted by atomic mass is 32.2. The Kier molecular flexibility index (Phi) is 3.65. The van der Waals surface area contributed by atoms with E-state index in [1.807, 2.05) is 0 Å². The van der Waals surface area contributed by atoms with Gasteiger partial charge in [-0.25, -0.2) is 0 Å². The monoisotopic (exact) mass is 296 g/mol. The molecule has 2 N–H and O–H groups in total. The van der Waals surface area contributed by atoms with Gasteiger partial charge < -0.3 is 9.84 Å². The first-order valence-corrected chi connectivity index (χ1v) is 7.06. The maximum atomic E-state index is 11.5. The van der Waals surface area contributed by atoms with Crippen LogP contribution in [0.3, 0.4) is 0 Å². The molecular weight excluding hydrogens is 284 g/mol. The van der Waals surface area contributed by atoms with Gasteiger partial charge in [0.1, 0.15) is 10.6 Å². The van der Waals surface area contributed by atoms with Crippen molar-refractivity contribution < 1.29 is 27.6 Å². The molecule has 2 rings (SSSR count). The van der Waals surface area contributed by atoms with E-state index >= 15 is 0 Å². The van der Waals surface area contributed by atoms with E-state index in [0.29, 0.717) is 11.1 Å². The summed E-state index contributed by atoms with van der Waals surface area (Å²) in [5, 5.41) is 9.60. The summed E-state index contributed by atoms with van der Waals surface area (Å²) >= 11 is 0. The first-order chi connectivity index (χ1) is 9.32. The van der Waals surface area contributed by atoms with Crippen LogP contribution in [0.4, 0.5) is 0 Å². The number of fused-ring (bicyclic) bond motifs is 1. The summed E-state index contributed by atoms with van der Waals surface area (Å²) in [4.78, 5) is 10.4. The van der Waals surface area contributed by atoms with E-state index in [0.717, 1.165) is 0 Å². The number of benzene rings is 2. The molecule has 0 aliphatic heterocycles. The predicted octanol–water partition coefficient (Wildman–Crippen LogP) is 1.72. The molecule has 0 radical (unpaired) electrons. The molecule has 0 atom stereocenters. The highest BCUT2D eigenvalue weighted by Gasteiger charge is 2.21. The second kappa shape index (κ2) is 5.10. The lowest BCUT2D eigenvalue weighted by molar-refractivity contribution is -0.136. The van der Waals surface area contributed by atoms with Gasteiger partial charge in [0.05, 0.1) is 13.5 Å². The van der Waals surface area contributed by atoms with Crippen molar-refractivity contribution in [2.24, 2.45) is 0 Å². The summed E-state index contributed by atoms with van der Waals surface area (Å²) in [5.41, 5.74) is 0.0395. The van der Waals surface area contributed by atoms with Crippen LogP contribution < -0.4 is 4.74 Å². The molecule has 7 heteroatoms. The molecule has 0 heterocycles. The Hall–Kier alpha value is -2.12. The van der Waals surface area contributed by atoms with Gasteiger partial charge in [0.2, 0.25) is 0 Å². The molecule has 6 nitrogen and oxygen atoms in total. The Morgan fingerprint density at radius 2 is 1.95 bits per heavy atom. The summed E-state index contributed by atoms with van der Waals surface area (Å²) in [6, 6.07) is 7.59. The molecule has 0 aliphatic rings. The molecule has 0 aliphatic carbocycles. The first-order valence-electron chi connectivity index (χ1n) is 5.62. The molecule has 0 saturated carbocycles. The Bertz CT molecular complexity index is 779. The highest BCUT2D eigenvalue weighted by molar-refractivity contribution is 7.86. The molecule has 0 aromatic heterocycles. The average Bonchev–Trinajstić information content (AvgIpc) is 2.35. The number of aliphatic carboxylic acids is 1. The Balaban J connectivity index is 2.80. The second-order valence-electron chi connectivity index (χ2n) is 4.19. The largest absolute Gasteiger partial charge is 0.497 e. The van der Waals surface area contributed by atoms with Crippen LogP contribution in [0.2, 0.25) is 0 Å². The molecule has 0 bridgehead atoms. The minimum Gasteiger partial charge on any atom is -0.497 e. The van der Waals surface area contributed by atoms with Crippen LogP contribution in [-0.4, -0.2) is 31.2 Å². The van der Waals surface area contributed by atoms with Crippen molar-refractivity contribution in [3.63, 3.8) is 0 Å². The van der Waals surface area contributed by atoms with Gasteiger partial charge in [-0.05, 0) is 29.1 Å². The summed E-state index contributed by atoms with van der Waals surface area (Å²) < 4.78 is 37.5. The Morgan fingerprint density at radius 3 is 2.50 bits per heavy atom. The maximum absolute atomic E-state index is 11.5. The zero-order valence-electron chi connectivity index (χ0n) is 10.5. The van der Waals surface area contributed by atoms with Gasteiger partial charge in [-0.1, -0.05) is 12.1 Å². The number of rotatable bonds is 4. The molecule has 2 aromatic carbocycles. The van der Waals surface area contributed by atoms with Crippen LogP contribution in [0.15, 0.2) is 35.2 Å². The fourth-order valence-electron chi connectivity index (χ4n) is 2.06. The molecule has 0 fully saturated rings. The van der Waals surface area contributed by atoms with Crippen LogP contribution in [0.1, 0.15) is 5.56 Å². The fraction of sp³-hybridized carbons (Fsp3) is 0.154. The summed E-state index contributed by atoms with van der Waals surface area (Å²) in [7, 11) is -3.05. The lowest BCUT2D eigenvalue weighted by Gasteiger charge is -2.10. The topological polar surface area (TPSA) is 101 Å². The lowest BCUT2D eigenvalue weighted by Crippen LogP contribution is -2.08. The third-order valence-electron chi connectivity index (χ3n) is 2.86. The van der Waals surface area contributed by atoms with E-state index in [2.05, 4.69) is 0 Å². The molecule has 0 saturated heterocycles. The molecule has 20 heavy (non-hydrogen) atoms. The van der Waals surface area contributed by atoms with Crippen LogP contribution in [0.25, 0.3) is 10.8 Å². The smallest absolute Gasteiger partial charge is 0.307 e. The van der Waals surface area contributed by atoms with E-state index in [1.165, 1.54) is 19.2 Å². The van der Waals surface area contributed by atoms with Gasteiger partial charge >= 0.3 is 5.97 Å². The molecule has 106 valence electrons. The standard InChI is InChI=1S/C13H12O6S/c1-19-10-4-5-11-8(6-10)2-3-9(7-12(14)15)13(11)20(16,17)18/h2-6H,7H2,1H3,(H,14,15)(H,16,17,18). The van der Waals surface area contributed by atoms with Crippen molar-refractivity contribution in [1.82, 2.24) is 0 Å². The molecular formula is C13H12O6S. The number of hydrogen-bond donors (Lipinski definition) is 2. The maximum Gasteiger partial charge on any atom is 0.307 e. The number of methoxy groups -OCH3 is 1. The van der Waals surface area contributed by atoms with Gasteiger partial charge in [0, 0.05) is 5.39 Å². The Morgan fingerprint density at radius 1 is 1.25 bits per heavy atom. The van der Waals surface area contributed by atoms with Crippen molar-refractivity contribution in [1.29, 1.82) is 0 Å². The van der Waals surface area contributed by atoms with Crippen LogP contribution in [0, 0.1) is 0 Å². The van der Waals surface area contributed by atoms with E-state index < -0.39 is 22.5 Å². The highest BCUT2D eigenvalue weighted by Crippen LogP contribution is 2.29. The molecule has 0 amide bonds. The van der Waals surface area contributed by atoms with Gasteiger partial charge in [-0.15, -0.1) is 0 Å². The third kappa shape index (κ3) is 2.73. The lowest BCUT2D eigenvalue weighted by atomic mass is 10.0. The molecule has 2 aromatic rings. The zero-order chi connectivity index (χ0) is 14.9. The summed E-state index contributed by atoms with van der Waals surface area (Å²) in [5.74, 6) is -0.646. The average molecular weight is 296 g/mol. The van der Waals surface area contributed by atoms with E-state index in [1.54, 1.807) is 18.2 Å². The third-order valence-corrected chi connectivity index (χ3v) is 3.86. The van der Waals surface area contributed by atoms with Crippen LogP contribution in [-0.2, 0) is 21.3 Å². The van der Waals surface area contributed by atoms with E-state index in [9.17, 15) is 17.8 Å². The summed E-state index contributed by atoms with van der Waals surface area (Å²) in [6.07, 6.45) is -0.489. The summed E-state index contributed by atoms with van der Waals surface area (Å²) in [6.45, 7) is 0. The number of carbonyl (C=O) groups is 1. The van der Waals surface area contributed by atoms with Gasteiger partial charge in [0.25, 0.3) is 10.1 Å². The van der Waals surface area contributed by atoms with Crippen molar-refractivity contribution in [3.05, 3.63) is 35.9 Å². The quantitative estimate of drug-likeness (QED) is 0.833. The van der Waals surface area contributed by atoms with Crippen LogP contribution >= 0.6 is 0 Å². The minimum absolute atomic E-state index is 0.0395. The molecule has 0 unspecified atom stereocenters.